The Kier molecular flexibility index (Phi) is 3.87. The van der Waals surface area contributed by atoms with Crippen molar-refractivity contribution in [1.82, 2.24) is 0 Å². The van der Waals surface area contributed by atoms with E-state index in [4.69, 9.17) is 9.47 Å². The minimum Gasteiger partial charge on any atom is -0.393 e. The number of fused-ring (bicyclic) bond motifs is 5. The van der Waals surface area contributed by atoms with Gasteiger partial charge in [0.1, 0.15) is 0 Å². The zero-order chi connectivity index (χ0) is 19.0. The summed E-state index contributed by atoms with van der Waals surface area (Å²) in [5, 5.41) is 11.4. The fourth-order valence-corrected chi connectivity index (χ4v) is 7.92. The SMILES string of the molecule is CC1([C@H]2CC[C@H]3[C@@H]4CCC5=CC(=O)C=C[C@]5(C)[C@H]4[C@@H](O)C[C@]23C)OCCO1. The van der Waals surface area contributed by atoms with Crippen molar-refractivity contribution in [3.63, 3.8) is 0 Å². The number of allylic oxidation sites excluding steroid dienone is 4. The van der Waals surface area contributed by atoms with Crippen LogP contribution >= 0.6 is 0 Å². The highest BCUT2D eigenvalue weighted by Gasteiger charge is 2.65. The van der Waals surface area contributed by atoms with Crippen molar-refractivity contribution < 1.29 is 19.4 Å². The molecule has 4 aliphatic carbocycles. The minimum atomic E-state index is -0.503. The van der Waals surface area contributed by atoms with E-state index >= 15 is 0 Å². The number of carbonyl (C=O) groups is 1. The van der Waals surface area contributed by atoms with E-state index in [0.717, 1.165) is 25.7 Å². The molecule has 27 heavy (non-hydrogen) atoms. The summed E-state index contributed by atoms with van der Waals surface area (Å²) in [5.41, 5.74) is 1.09. The van der Waals surface area contributed by atoms with Crippen LogP contribution in [0, 0.1) is 34.5 Å². The maximum absolute atomic E-state index is 11.9. The molecule has 0 spiro atoms. The van der Waals surface area contributed by atoms with E-state index in [2.05, 4.69) is 26.8 Å². The third kappa shape index (κ3) is 2.36. The molecule has 0 aromatic carbocycles. The first-order valence-electron chi connectivity index (χ1n) is 10.7. The molecule has 0 aromatic heterocycles. The predicted molar refractivity (Wildman–Crippen MR) is 102 cm³/mol. The summed E-state index contributed by atoms with van der Waals surface area (Å²) in [5.74, 6) is 1.22. The Morgan fingerprint density at radius 3 is 2.59 bits per heavy atom. The van der Waals surface area contributed by atoms with Crippen LogP contribution in [0.25, 0.3) is 0 Å². The average molecular weight is 373 g/mol. The maximum Gasteiger partial charge on any atom is 0.178 e. The standard InChI is InChI=1S/C23H32O4/c1-21-9-8-15(24)12-14(21)4-5-16-17-6-7-19(23(3)26-10-11-27-23)22(17,2)13-18(25)20(16)21/h8-9,12,16-20,25H,4-7,10-11,13H2,1-3H3/t16-,17-,18-,19-,20+,21-,22-/m0/s1. The molecular weight excluding hydrogens is 340 g/mol. The largest absolute Gasteiger partial charge is 0.393 e. The molecule has 4 nitrogen and oxygen atoms in total. The normalized spacial score (nSPS) is 50.7. The number of hydrogen-bond acceptors (Lipinski definition) is 4. The Bertz CT molecular complexity index is 718. The predicted octanol–water partition coefficient (Wildman–Crippen LogP) is 3.64. The molecule has 0 aromatic rings. The molecule has 1 N–H and O–H groups in total. The van der Waals surface area contributed by atoms with Gasteiger partial charge in [-0.2, -0.15) is 0 Å². The van der Waals surface area contributed by atoms with Crippen LogP contribution in [-0.4, -0.2) is 36.0 Å². The highest BCUT2D eigenvalue weighted by Crippen LogP contribution is 2.67. The Balaban J connectivity index is 1.51. The van der Waals surface area contributed by atoms with E-state index in [1.807, 2.05) is 6.08 Å². The van der Waals surface area contributed by atoms with E-state index in [1.54, 1.807) is 6.08 Å². The lowest BCUT2D eigenvalue weighted by molar-refractivity contribution is -0.223. The molecule has 1 aliphatic heterocycles. The minimum absolute atomic E-state index is 0.0471. The molecule has 5 rings (SSSR count). The quantitative estimate of drug-likeness (QED) is 0.763. The fraction of sp³-hybridized carbons (Fsp3) is 0.783. The second-order valence-corrected chi connectivity index (χ2v) is 10.1. The van der Waals surface area contributed by atoms with Crippen molar-refractivity contribution in [2.75, 3.05) is 13.2 Å². The third-order valence-electron chi connectivity index (χ3n) is 8.99. The fourth-order valence-electron chi connectivity index (χ4n) is 7.92. The summed E-state index contributed by atoms with van der Waals surface area (Å²) in [6, 6.07) is 0. The first-order valence-corrected chi connectivity index (χ1v) is 10.7. The number of ether oxygens (including phenoxy) is 2. The van der Waals surface area contributed by atoms with Crippen LogP contribution in [0.5, 0.6) is 0 Å². The number of carbonyl (C=O) groups excluding carboxylic acids is 1. The van der Waals surface area contributed by atoms with Crippen LogP contribution in [0.2, 0.25) is 0 Å². The highest BCUT2D eigenvalue weighted by atomic mass is 16.7. The smallest absolute Gasteiger partial charge is 0.178 e. The van der Waals surface area contributed by atoms with Crippen LogP contribution in [-0.2, 0) is 14.3 Å². The summed E-state index contributed by atoms with van der Waals surface area (Å²) < 4.78 is 12.1. The van der Waals surface area contributed by atoms with E-state index < -0.39 is 5.79 Å². The molecule has 1 saturated heterocycles. The summed E-state index contributed by atoms with van der Waals surface area (Å²) in [6.45, 7) is 8.07. The first kappa shape index (κ1) is 18.1. The van der Waals surface area contributed by atoms with Gasteiger partial charge in [-0.1, -0.05) is 25.5 Å². The number of aliphatic hydroxyl groups is 1. The van der Waals surface area contributed by atoms with Crippen molar-refractivity contribution in [3.8, 4) is 0 Å². The van der Waals surface area contributed by atoms with Gasteiger partial charge in [0.2, 0.25) is 0 Å². The monoisotopic (exact) mass is 372 g/mol. The lowest BCUT2D eigenvalue weighted by Gasteiger charge is -2.59. The Morgan fingerprint density at radius 1 is 1.11 bits per heavy atom. The molecule has 0 amide bonds. The molecule has 0 radical (unpaired) electrons. The zero-order valence-electron chi connectivity index (χ0n) is 16.7. The second-order valence-electron chi connectivity index (χ2n) is 10.1. The van der Waals surface area contributed by atoms with Gasteiger partial charge in [-0.15, -0.1) is 0 Å². The first-order chi connectivity index (χ1) is 12.8. The van der Waals surface area contributed by atoms with Gasteiger partial charge in [0.05, 0.1) is 19.3 Å². The van der Waals surface area contributed by atoms with Crippen molar-refractivity contribution >= 4 is 5.78 Å². The second kappa shape index (κ2) is 5.77. The van der Waals surface area contributed by atoms with E-state index in [-0.39, 0.29) is 28.6 Å². The van der Waals surface area contributed by atoms with E-state index in [0.29, 0.717) is 31.0 Å². The molecule has 1 heterocycles. The van der Waals surface area contributed by atoms with Gasteiger partial charge in [0.15, 0.2) is 11.6 Å². The summed E-state index contributed by atoms with van der Waals surface area (Å²) >= 11 is 0. The number of aliphatic hydroxyl groups excluding tert-OH is 1. The molecular formula is C23H32O4. The zero-order valence-corrected chi connectivity index (χ0v) is 16.7. The lowest BCUT2D eigenvalue weighted by Crippen LogP contribution is -2.57. The topological polar surface area (TPSA) is 55.8 Å². The number of hydrogen-bond donors (Lipinski definition) is 1. The lowest BCUT2D eigenvalue weighted by atomic mass is 9.46. The van der Waals surface area contributed by atoms with Crippen LogP contribution in [0.4, 0.5) is 0 Å². The van der Waals surface area contributed by atoms with Crippen LogP contribution in [0.1, 0.15) is 52.9 Å². The third-order valence-corrected chi connectivity index (χ3v) is 8.99. The molecule has 4 fully saturated rings. The highest BCUT2D eigenvalue weighted by molar-refractivity contribution is 6.01. The summed E-state index contributed by atoms with van der Waals surface area (Å²) in [7, 11) is 0. The number of ketones is 1. The molecule has 3 saturated carbocycles. The summed E-state index contributed by atoms with van der Waals surface area (Å²) in [6.07, 6.45) is 10.4. The summed E-state index contributed by atoms with van der Waals surface area (Å²) in [4.78, 5) is 11.9. The molecule has 5 aliphatic rings. The van der Waals surface area contributed by atoms with Gasteiger partial charge in [0, 0.05) is 17.3 Å². The van der Waals surface area contributed by atoms with Crippen molar-refractivity contribution in [2.24, 2.45) is 34.5 Å². The Morgan fingerprint density at radius 2 is 1.85 bits per heavy atom. The van der Waals surface area contributed by atoms with E-state index in [1.165, 1.54) is 12.0 Å². The van der Waals surface area contributed by atoms with Gasteiger partial charge in [-0.3, -0.25) is 4.79 Å². The molecule has 7 atom stereocenters. The van der Waals surface area contributed by atoms with Gasteiger partial charge in [-0.25, -0.2) is 0 Å². The van der Waals surface area contributed by atoms with Crippen molar-refractivity contribution in [2.45, 2.75) is 64.8 Å². The Labute approximate surface area is 162 Å². The van der Waals surface area contributed by atoms with E-state index in [9.17, 15) is 9.90 Å². The molecule has 0 unspecified atom stereocenters. The van der Waals surface area contributed by atoms with Crippen LogP contribution < -0.4 is 0 Å². The molecule has 4 heteroatoms. The van der Waals surface area contributed by atoms with Crippen LogP contribution in [0.15, 0.2) is 23.8 Å². The van der Waals surface area contributed by atoms with Crippen LogP contribution in [0.3, 0.4) is 0 Å². The maximum atomic E-state index is 11.9. The van der Waals surface area contributed by atoms with Gasteiger partial charge in [0.25, 0.3) is 0 Å². The van der Waals surface area contributed by atoms with Crippen molar-refractivity contribution in [3.05, 3.63) is 23.8 Å². The van der Waals surface area contributed by atoms with Gasteiger partial charge >= 0.3 is 0 Å². The Hall–Kier alpha value is -0.970. The van der Waals surface area contributed by atoms with Crippen molar-refractivity contribution in [1.29, 1.82) is 0 Å². The average Bonchev–Trinajstić information content (AvgIpc) is 3.19. The molecule has 148 valence electrons. The number of rotatable bonds is 1. The van der Waals surface area contributed by atoms with Gasteiger partial charge < -0.3 is 14.6 Å². The van der Waals surface area contributed by atoms with Gasteiger partial charge in [-0.05, 0) is 68.4 Å². The molecule has 0 bridgehead atoms.